The number of nitrogens with one attached hydrogen (secondary N) is 2. The van der Waals surface area contributed by atoms with Crippen molar-refractivity contribution in [3.63, 3.8) is 0 Å². The van der Waals surface area contributed by atoms with Crippen LogP contribution in [0.3, 0.4) is 0 Å². The molecule has 6 aromatic rings. The molecule has 65 heavy (non-hydrogen) atoms. The third-order valence-electron chi connectivity index (χ3n) is 11.0. The van der Waals surface area contributed by atoms with E-state index in [1.54, 1.807) is 24.4 Å². The van der Waals surface area contributed by atoms with Crippen molar-refractivity contribution in [2.24, 2.45) is 0 Å². The summed E-state index contributed by atoms with van der Waals surface area (Å²) >= 11 is 3.30. The minimum atomic E-state index is -0.521. The Morgan fingerprint density at radius 1 is 0.677 bits per heavy atom. The summed E-state index contributed by atoms with van der Waals surface area (Å²) in [5, 5.41) is 24.0. The normalized spacial score (nSPS) is 14.9. The van der Waals surface area contributed by atoms with Crippen molar-refractivity contribution >= 4 is 44.9 Å². The van der Waals surface area contributed by atoms with Crippen molar-refractivity contribution in [1.29, 1.82) is 10.5 Å². The summed E-state index contributed by atoms with van der Waals surface area (Å²) in [6, 6.07) is 23.7. The van der Waals surface area contributed by atoms with Gasteiger partial charge in [-0.3, -0.25) is 14.6 Å². The molecule has 0 bridgehead atoms. The van der Waals surface area contributed by atoms with E-state index in [0.29, 0.717) is 75.9 Å². The van der Waals surface area contributed by atoms with E-state index >= 15 is 0 Å². The van der Waals surface area contributed by atoms with E-state index in [9.17, 15) is 23.6 Å². The fourth-order valence-electron chi connectivity index (χ4n) is 7.78. The Labute approximate surface area is 381 Å². The molecule has 0 unspecified atom stereocenters. The summed E-state index contributed by atoms with van der Waals surface area (Å²) in [7, 11) is 0. The second kappa shape index (κ2) is 20.0. The van der Waals surface area contributed by atoms with Gasteiger partial charge in [0.05, 0.1) is 132 Å². The molecule has 0 aliphatic carbocycles. The van der Waals surface area contributed by atoms with Crippen LogP contribution >= 0.6 is 15.9 Å². The molecule has 2 fully saturated rings. The van der Waals surface area contributed by atoms with Crippen LogP contribution in [-0.4, -0.2) is 84.4 Å². The largest absolute Gasteiger partial charge is 0.384 e. The van der Waals surface area contributed by atoms with E-state index < -0.39 is 11.6 Å². The second-order valence-electron chi connectivity index (χ2n) is 15.0. The van der Waals surface area contributed by atoms with Crippen molar-refractivity contribution in [2.45, 2.75) is 19.5 Å². The number of nitrogens with two attached hydrogens (primary N) is 1. The van der Waals surface area contributed by atoms with Crippen molar-refractivity contribution in [2.75, 3.05) is 68.1 Å². The number of nitrogen functional groups attached to an aromatic ring is 1. The number of halogens is 3. The predicted octanol–water partition coefficient (Wildman–Crippen LogP) is 6.09. The van der Waals surface area contributed by atoms with E-state index in [4.69, 9.17) is 20.5 Å². The minimum Gasteiger partial charge on any atom is -0.384 e. The third kappa shape index (κ3) is 9.90. The smallest absolute Gasteiger partial charge is 0.254 e. The summed E-state index contributed by atoms with van der Waals surface area (Å²) in [6.07, 6.45) is 4.03. The number of ether oxygens (including phenoxy) is 2. The molecule has 2 saturated heterocycles. The first-order chi connectivity index (χ1) is 31.6. The lowest BCUT2D eigenvalue weighted by Crippen LogP contribution is -2.36. The lowest BCUT2D eigenvalue weighted by molar-refractivity contribution is 0.0957. The fraction of sp³-hybridized carbons (Fsp3) is 0.234. The van der Waals surface area contributed by atoms with Crippen LogP contribution in [0.5, 0.6) is 0 Å². The van der Waals surface area contributed by atoms with E-state index in [1.165, 1.54) is 30.3 Å². The van der Waals surface area contributed by atoms with E-state index in [0.717, 1.165) is 56.5 Å². The number of hydrogen-bond donors (Lipinski definition) is 3. The molecule has 0 radical (unpaired) electrons. The molecule has 0 spiro atoms. The molecular formula is C47H40BrF2N11O4. The number of nitriles is 2. The van der Waals surface area contributed by atoms with Crippen molar-refractivity contribution < 1.29 is 27.8 Å². The Kier molecular flexibility index (Phi) is 13.6. The average Bonchev–Trinajstić information content (AvgIpc) is 3.91. The van der Waals surface area contributed by atoms with Crippen LogP contribution in [0.4, 0.5) is 26.0 Å². The predicted molar refractivity (Wildman–Crippen MR) is 240 cm³/mol. The Morgan fingerprint density at radius 2 is 1.18 bits per heavy atom. The Hall–Kier alpha value is -7.38. The quantitative estimate of drug-likeness (QED) is 0.173. The van der Waals surface area contributed by atoms with Crippen molar-refractivity contribution in [3.8, 4) is 34.7 Å². The molecule has 4 aromatic heterocycles. The molecule has 4 aliphatic rings. The molecule has 4 aliphatic heterocycles. The Morgan fingerprint density at radius 3 is 1.69 bits per heavy atom. The first-order valence-corrected chi connectivity index (χ1v) is 21.4. The highest BCUT2D eigenvalue weighted by molar-refractivity contribution is 9.10. The molecule has 18 heteroatoms. The Balaban J connectivity index is 0.000000148. The van der Waals surface area contributed by atoms with Gasteiger partial charge in [-0.15, -0.1) is 0 Å². The molecule has 328 valence electrons. The molecule has 8 heterocycles. The Bertz CT molecular complexity index is 2840. The van der Waals surface area contributed by atoms with Gasteiger partial charge in [-0.25, -0.2) is 23.7 Å². The van der Waals surface area contributed by atoms with Crippen LogP contribution in [0.15, 0.2) is 89.7 Å². The number of carbonyl (C=O) groups is 2. The van der Waals surface area contributed by atoms with E-state index in [-0.39, 0.29) is 40.6 Å². The number of fused-ring (bicyclic) bond motifs is 2. The SMILES string of the molecule is N#Cc1cccc(F)c1-c1cc(Br)c2c(n1)CNC2=O.N#Cc1cccc(F)c1-c1cc(Cc2ccc(N3CCOCC3)cn2)c2c(n1)CNC2=O.Nc1ccc(N2CCOCC2)cn1. The highest BCUT2D eigenvalue weighted by atomic mass is 79.9. The molecule has 2 amide bonds. The molecule has 4 N–H and O–H groups in total. The van der Waals surface area contributed by atoms with E-state index in [2.05, 4.69) is 56.3 Å². The zero-order chi connectivity index (χ0) is 45.5. The summed E-state index contributed by atoms with van der Waals surface area (Å²) in [5.41, 5.74) is 12.6. The van der Waals surface area contributed by atoms with Gasteiger partial charge in [0.15, 0.2) is 0 Å². The summed E-state index contributed by atoms with van der Waals surface area (Å²) in [4.78, 5) is 46.0. The number of hydrogen-bond acceptors (Lipinski definition) is 13. The maximum Gasteiger partial charge on any atom is 0.254 e. The van der Waals surface area contributed by atoms with Gasteiger partial charge in [-0.1, -0.05) is 12.1 Å². The molecule has 2 aromatic carbocycles. The van der Waals surface area contributed by atoms with Gasteiger partial charge in [0.25, 0.3) is 11.8 Å². The highest BCUT2D eigenvalue weighted by Gasteiger charge is 2.28. The molecule has 0 atom stereocenters. The van der Waals surface area contributed by atoms with Gasteiger partial charge in [0.1, 0.15) is 17.5 Å². The first kappa shape index (κ1) is 44.2. The number of benzene rings is 2. The first-order valence-electron chi connectivity index (χ1n) is 20.6. The number of anilines is 3. The van der Waals surface area contributed by atoms with Crippen LogP contribution in [0.1, 0.15) is 54.5 Å². The lowest BCUT2D eigenvalue weighted by Gasteiger charge is -2.28. The fourth-order valence-corrected chi connectivity index (χ4v) is 8.40. The summed E-state index contributed by atoms with van der Waals surface area (Å²) < 4.78 is 39.8. The van der Waals surface area contributed by atoms with Crippen molar-refractivity contribution in [3.05, 3.63) is 146 Å². The number of carbonyl (C=O) groups excluding carboxylic acids is 2. The molecule has 0 saturated carbocycles. The number of rotatable bonds is 6. The van der Waals surface area contributed by atoms with Crippen LogP contribution in [-0.2, 0) is 29.0 Å². The van der Waals surface area contributed by atoms with Crippen LogP contribution in [0, 0.1) is 34.3 Å². The van der Waals surface area contributed by atoms with Gasteiger partial charge >= 0.3 is 0 Å². The third-order valence-corrected chi connectivity index (χ3v) is 11.6. The summed E-state index contributed by atoms with van der Waals surface area (Å²) in [6.45, 7) is 7.09. The minimum absolute atomic E-state index is 0.147. The number of aromatic nitrogens is 4. The molecule has 10 rings (SSSR count). The van der Waals surface area contributed by atoms with Gasteiger partial charge in [0, 0.05) is 42.8 Å². The number of morpholine rings is 2. The highest BCUT2D eigenvalue weighted by Crippen LogP contribution is 2.33. The number of nitrogens with zero attached hydrogens (tertiary/aromatic N) is 8. The van der Waals surface area contributed by atoms with Crippen LogP contribution in [0.2, 0.25) is 0 Å². The van der Waals surface area contributed by atoms with Gasteiger partial charge in [-0.05, 0) is 82.2 Å². The second-order valence-corrected chi connectivity index (χ2v) is 15.9. The zero-order valence-electron chi connectivity index (χ0n) is 34.8. The average molecular weight is 941 g/mol. The standard InChI is InChI=1S/C24H20FN5O2.C14H7BrFN3O.C9H13N3O/c25-19-3-1-2-15(12-26)22(19)20-11-16(23-21(29-20)14-28-24(23)31)10-17-4-5-18(13-27-17)30-6-8-32-9-7-30;15-8-4-10(19-11-6-18-14(20)13(8)11)12-7(5-17)2-1-3-9(12)16;10-9-2-1-8(7-11-9)12-3-5-13-6-4-12/h1-5,11,13H,6-10,14H2,(H,28,31);1-4H,6H2,(H,18,20);1-2,7H,3-6H2,(H2,10,11). The molecule has 15 nitrogen and oxygen atoms in total. The monoisotopic (exact) mass is 939 g/mol. The van der Waals surface area contributed by atoms with E-state index in [1.807, 2.05) is 42.6 Å². The number of pyridine rings is 4. The van der Waals surface area contributed by atoms with Gasteiger partial charge in [0.2, 0.25) is 0 Å². The lowest BCUT2D eigenvalue weighted by atomic mass is 9.97. The van der Waals surface area contributed by atoms with Gasteiger partial charge in [-0.2, -0.15) is 10.5 Å². The van der Waals surface area contributed by atoms with Gasteiger partial charge < -0.3 is 35.6 Å². The zero-order valence-corrected chi connectivity index (χ0v) is 36.4. The summed E-state index contributed by atoms with van der Waals surface area (Å²) in [5.74, 6) is -0.876. The molecular weight excluding hydrogens is 900 g/mol. The van der Waals surface area contributed by atoms with Crippen LogP contribution in [0.25, 0.3) is 22.5 Å². The van der Waals surface area contributed by atoms with Crippen molar-refractivity contribution in [1.82, 2.24) is 30.6 Å². The maximum absolute atomic E-state index is 14.6. The topological polar surface area (TPSA) is 208 Å². The maximum atomic E-state index is 14.6. The number of amides is 2. The van der Waals surface area contributed by atoms with Crippen LogP contribution < -0.4 is 26.2 Å².